The van der Waals surface area contributed by atoms with Crippen molar-refractivity contribution in [2.75, 3.05) is 13.1 Å². The molecule has 5 rings (SSSR count). The van der Waals surface area contributed by atoms with Crippen LogP contribution in [0.3, 0.4) is 0 Å². The van der Waals surface area contributed by atoms with E-state index < -0.39 is 0 Å². The minimum Gasteiger partial charge on any atom is -0.485 e. The van der Waals surface area contributed by atoms with Crippen molar-refractivity contribution in [1.82, 2.24) is 5.32 Å². The first kappa shape index (κ1) is 19.1. The molecular formula is C23H18Cl3NO2. The van der Waals surface area contributed by atoms with Gasteiger partial charge in [-0.15, -0.1) is 0 Å². The average molecular weight is 447 g/mol. The quantitative estimate of drug-likeness (QED) is 0.472. The van der Waals surface area contributed by atoms with Crippen molar-refractivity contribution in [2.24, 2.45) is 0 Å². The van der Waals surface area contributed by atoms with Crippen LogP contribution in [0.2, 0.25) is 15.1 Å². The van der Waals surface area contributed by atoms with Gasteiger partial charge in [0.15, 0.2) is 11.5 Å². The third-order valence-electron chi connectivity index (χ3n) is 5.44. The number of benzene rings is 3. The fourth-order valence-electron chi connectivity index (χ4n) is 4.12. The molecule has 0 amide bonds. The standard InChI is InChI=1S/C23H18Cl3NO2/c24-14-10-18(25)22(19(26)11-14)13-8-16-17-12-27-7-6-20(17)29-23(16)21(9-13)28-15-4-2-1-3-5-15/h1-5,8-11,17,20,27H,6-7,12H2. The van der Waals surface area contributed by atoms with Crippen molar-refractivity contribution in [1.29, 1.82) is 0 Å². The lowest BCUT2D eigenvalue weighted by Gasteiger charge is -2.24. The summed E-state index contributed by atoms with van der Waals surface area (Å²) in [7, 11) is 0. The average Bonchev–Trinajstić information content (AvgIpc) is 3.07. The Kier molecular flexibility index (Phi) is 5.09. The van der Waals surface area contributed by atoms with E-state index >= 15 is 0 Å². The molecule has 0 radical (unpaired) electrons. The van der Waals surface area contributed by atoms with Crippen LogP contribution in [-0.4, -0.2) is 19.2 Å². The van der Waals surface area contributed by atoms with E-state index in [0.717, 1.165) is 47.7 Å². The number of para-hydroxylation sites is 1. The van der Waals surface area contributed by atoms with Crippen molar-refractivity contribution in [3.8, 4) is 28.4 Å². The van der Waals surface area contributed by atoms with Crippen LogP contribution in [0.25, 0.3) is 11.1 Å². The molecule has 2 unspecified atom stereocenters. The maximum atomic E-state index is 6.52. The van der Waals surface area contributed by atoms with Crippen LogP contribution in [0.15, 0.2) is 54.6 Å². The van der Waals surface area contributed by atoms with Gasteiger partial charge in [-0.2, -0.15) is 0 Å². The van der Waals surface area contributed by atoms with Crippen LogP contribution in [-0.2, 0) is 0 Å². The first-order valence-corrected chi connectivity index (χ1v) is 10.7. The summed E-state index contributed by atoms with van der Waals surface area (Å²) in [6.45, 7) is 1.82. The maximum absolute atomic E-state index is 6.52. The van der Waals surface area contributed by atoms with Crippen molar-refractivity contribution in [3.05, 3.63) is 75.2 Å². The Labute approximate surface area is 184 Å². The van der Waals surface area contributed by atoms with E-state index in [-0.39, 0.29) is 12.0 Å². The highest BCUT2D eigenvalue weighted by Gasteiger charge is 2.38. The molecule has 3 nitrogen and oxygen atoms in total. The molecule has 2 heterocycles. The molecule has 1 N–H and O–H groups in total. The minimum atomic E-state index is 0.149. The minimum absolute atomic E-state index is 0.149. The number of piperidine rings is 1. The molecule has 1 saturated heterocycles. The highest BCUT2D eigenvalue weighted by Crippen LogP contribution is 2.50. The lowest BCUT2D eigenvalue weighted by Crippen LogP contribution is -2.37. The van der Waals surface area contributed by atoms with Crippen LogP contribution < -0.4 is 14.8 Å². The fourth-order valence-corrected chi connectivity index (χ4v) is 5.15. The van der Waals surface area contributed by atoms with Gasteiger partial charge in [-0.25, -0.2) is 0 Å². The molecule has 2 atom stereocenters. The number of rotatable bonds is 3. The summed E-state index contributed by atoms with van der Waals surface area (Å²) < 4.78 is 12.6. The summed E-state index contributed by atoms with van der Waals surface area (Å²) in [6, 6.07) is 17.2. The predicted molar refractivity (Wildman–Crippen MR) is 118 cm³/mol. The predicted octanol–water partition coefficient (Wildman–Crippen LogP) is 6.94. The van der Waals surface area contributed by atoms with E-state index in [0.29, 0.717) is 20.8 Å². The van der Waals surface area contributed by atoms with Gasteiger partial charge in [0.1, 0.15) is 11.9 Å². The zero-order chi connectivity index (χ0) is 20.0. The second-order valence-electron chi connectivity index (χ2n) is 7.31. The summed E-state index contributed by atoms with van der Waals surface area (Å²) >= 11 is 19.1. The topological polar surface area (TPSA) is 30.5 Å². The van der Waals surface area contributed by atoms with Gasteiger partial charge in [0, 0.05) is 28.6 Å². The summed E-state index contributed by atoms with van der Waals surface area (Å²) in [5.74, 6) is 2.48. The highest BCUT2D eigenvalue weighted by atomic mass is 35.5. The molecule has 2 aliphatic heterocycles. The molecule has 0 aromatic heterocycles. The summed E-state index contributed by atoms with van der Waals surface area (Å²) in [6.07, 6.45) is 1.11. The van der Waals surface area contributed by atoms with E-state index in [1.165, 1.54) is 0 Å². The highest BCUT2D eigenvalue weighted by molar-refractivity contribution is 6.41. The summed E-state index contributed by atoms with van der Waals surface area (Å²) in [5.41, 5.74) is 2.74. The lowest BCUT2D eigenvalue weighted by atomic mass is 9.89. The molecule has 3 aromatic carbocycles. The van der Waals surface area contributed by atoms with Crippen LogP contribution >= 0.6 is 34.8 Å². The largest absolute Gasteiger partial charge is 0.485 e. The van der Waals surface area contributed by atoms with E-state index in [4.69, 9.17) is 44.3 Å². The van der Waals surface area contributed by atoms with Crippen LogP contribution in [0.5, 0.6) is 17.2 Å². The monoisotopic (exact) mass is 445 g/mol. The van der Waals surface area contributed by atoms with Crippen LogP contribution in [0.1, 0.15) is 17.9 Å². The fraction of sp³-hybridized carbons (Fsp3) is 0.217. The molecule has 0 bridgehead atoms. The smallest absolute Gasteiger partial charge is 0.170 e. The zero-order valence-electron chi connectivity index (χ0n) is 15.4. The van der Waals surface area contributed by atoms with Gasteiger partial charge in [0.2, 0.25) is 0 Å². The summed E-state index contributed by atoms with van der Waals surface area (Å²) in [4.78, 5) is 0. The van der Waals surface area contributed by atoms with E-state index in [2.05, 4.69) is 11.4 Å². The number of halogens is 3. The Bertz CT molecular complexity index is 1050. The molecule has 148 valence electrons. The van der Waals surface area contributed by atoms with Gasteiger partial charge in [-0.05, 0) is 54.9 Å². The normalized spacial score (nSPS) is 20.0. The molecular weight excluding hydrogens is 429 g/mol. The molecule has 0 spiro atoms. The Morgan fingerprint density at radius 3 is 2.48 bits per heavy atom. The van der Waals surface area contributed by atoms with Gasteiger partial charge in [-0.3, -0.25) is 0 Å². The van der Waals surface area contributed by atoms with Gasteiger partial charge in [0.05, 0.1) is 10.0 Å². The Hall–Kier alpha value is -1.91. The molecule has 2 aliphatic rings. The number of hydrogen-bond acceptors (Lipinski definition) is 3. The second-order valence-corrected chi connectivity index (χ2v) is 8.56. The van der Waals surface area contributed by atoms with E-state index in [1.54, 1.807) is 12.1 Å². The summed E-state index contributed by atoms with van der Waals surface area (Å²) in [5, 5.41) is 4.98. The van der Waals surface area contributed by atoms with Gasteiger partial charge in [0.25, 0.3) is 0 Å². The second kappa shape index (κ2) is 7.73. The van der Waals surface area contributed by atoms with E-state index in [1.807, 2.05) is 36.4 Å². The molecule has 6 heteroatoms. The Balaban J connectivity index is 1.67. The molecule has 3 aromatic rings. The third kappa shape index (κ3) is 3.57. The van der Waals surface area contributed by atoms with E-state index in [9.17, 15) is 0 Å². The SMILES string of the molecule is Clc1cc(Cl)c(-c2cc(Oc3ccccc3)c3c(c2)C2CNCCC2O3)c(Cl)c1. The number of hydrogen-bond donors (Lipinski definition) is 1. The van der Waals surface area contributed by atoms with Crippen LogP contribution in [0.4, 0.5) is 0 Å². The van der Waals surface area contributed by atoms with Gasteiger partial charge >= 0.3 is 0 Å². The van der Waals surface area contributed by atoms with Gasteiger partial charge < -0.3 is 14.8 Å². The number of fused-ring (bicyclic) bond motifs is 3. The van der Waals surface area contributed by atoms with Crippen molar-refractivity contribution < 1.29 is 9.47 Å². The molecule has 0 saturated carbocycles. The molecule has 0 aliphatic carbocycles. The first-order chi connectivity index (χ1) is 14.1. The van der Waals surface area contributed by atoms with Crippen molar-refractivity contribution in [2.45, 2.75) is 18.4 Å². The van der Waals surface area contributed by atoms with Gasteiger partial charge in [-0.1, -0.05) is 53.0 Å². The first-order valence-electron chi connectivity index (χ1n) is 9.53. The van der Waals surface area contributed by atoms with Crippen LogP contribution in [0, 0.1) is 0 Å². The zero-order valence-corrected chi connectivity index (χ0v) is 17.7. The number of ether oxygens (including phenoxy) is 2. The Morgan fingerprint density at radius 2 is 1.72 bits per heavy atom. The van der Waals surface area contributed by atoms with Crippen molar-refractivity contribution >= 4 is 34.8 Å². The van der Waals surface area contributed by atoms with Crippen molar-refractivity contribution in [3.63, 3.8) is 0 Å². The lowest BCUT2D eigenvalue weighted by molar-refractivity contribution is 0.169. The maximum Gasteiger partial charge on any atom is 0.170 e. The Morgan fingerprint density at radius 1 is 0.966 bits per heavy atom. The number of nitrogens with one attached hydrogen (secondary N) is 1. The molecule has 1 fully saturated rings. The third-order valence-corrected chi connectivity index (χ3v) is 6.25. The molecule has 29 heavy (non-hydrogen) atoms.